The van der Waals surface area contributed by atoms with Gasteiger partial charge in [0.2, 0.25) is 10.0 Å². The van der Waals surface area contributed by atoms with Gasteiger partial charge in [-0.1, -0.05) is 6.92 Å². The van der Waals surface area contributed by atoms with E-state index in [4.69, 9.17) is 0 Å². The molecule has 0 amide bonds. The second-order valence-electron chi connectivity index (χ2n) is 2.85. The van der Waals surface area contributed by atoms with E-state index in [9.17, 15) is 8.42 Å². The summed E-state index contributed by atoms with van der Waals surface area (Å²) in [5, 5.41) is 6.29. The Hall–Kier alpha value is -1.04. The maximum absolute atomic E-state index is 11.3. The number of aryl methyl sites for hydroxylation is 1. The number of nitrogens with one attached hydrogen (secondary N) is 2. The highest BCUT2D eigenvalue weighted by molar-refractivity contribution is 7.92. The van der Waals surface area contributed by atoms with E-state index in [1.807, 2.05) is 6.92 Å². The minimum Gasteiger partial charge on any atom is -0.268 e. The van der Waals surface area contributed by atoms with Crippen molar-refractivity contribution in [2.75, 3.05) is 10.5 Å². The second-order valence-corrected chi connectivity index (χ2v) is 4.69. The Bertz CT molecular complexity index is 369. The van der Waals surface area contributed by atoms with Gasteiger partial charge in [0.15, 0.2) is 0 Å². The highest BCUT2D eigenvalue weighted by atomic mass is 32.2. The Labute approximate surface area is 77.6 Å². The zero-order valence-corrected chi connectivity index (χ0v) is 8.48. The Kier molecular flexibility index (Phi) is 2.92. The number of hydrogen-bond acceptors (Lipinski definition) is 3. The number of H-pyrrole nitrogens is 1. The Balaban J connectivity index is 2.75. The van der Waals surface area contributed by atoms with Gasteiger partial charge in [0.1, 0.15) is 5.82 Å². The smallest absolute Gasteiger partial charge is 0.233 e. The lowest BCUT2D eigenvalue weighted by molar-refractivity contribution is 0.599. The molecule has 0 fully saturated rings. The van der Waals surface area contributed by atoms with Crippen molar-refractivity contribution in [3.05, 3.63) is 11.8 Å². The summed E-state index contributed by atoms with van der Waals surface area (Å²) in [6.07, 6.45) is 2.17. The number of nitrogens with zero attached hydrogens (tertiary/aromatic N) is 1. The van der Waals surface area contributed by atoms with Crippen LogP contribution in [0.1, 0.15) is 18.9 Å². The molecule has 1 aromatic rings. The molecule has 0 saturated carbocycles. The maximum Gasteiger partial charge on any atom is 0.233 e. The van der Waals surface area contributed by atoms with E-state index < -0.39 is 10.0 Å². The SMILES string of the molecule is CCCS(=O)(=O)Nc1[nH]ncc1C. The summed E-state index contributed by atoms with van der Waals surface area (Å²) in [6, 6.07) is 0. The molecule has 5 nitrogen and oxygen atoms in total. The molecule has 0 bridgehead atoms. The van der Waals surface area contributed by atoms with Gasteiger partial charge in [-0.2, -0.15) is 5.10 Å². The van der Waals surface area contributed by atoms with Crippen LogP contribution in [0.3, 0.4) is 0 Å². The maximum atomic E-state index is 11.3. The lowest BCUT2D eigenvalue weighted by Gasteiger charge is -2.04. The van der Waals surface area contributed by atoms with E-state index in [-0.39, 0.29) is 5.75 Å². The molecular formula is C7H13N3O2S. The van der Waals surface area contributed by atoms with Gasteiger partial charge in [0.05, 0.1) is 11.9 Å². The fourth-order valence-electron chi connectivity index (χ4n) is 0.925. The third-order valence-corrected chi connectivity index (χ3v) is 3.02. The molecule has 0 aliphatic carbocycles. The summed E-state index contributed by atoms with van der Waals surface area (Å²) in [5.41, 5.74) is 0.791. The van der Waals surface area contributed by atoms with E-state index in [0.717, 1.165) is 5.56 Å². The fraction of sp³-hybridized carbons (Fsp3) is 0.571. The number of aromatic nitrogens is 2. The summed E-state index contributed by atoms with van der Waals surface area (Å²) >= 11 is 0. The van der Waals surface area contributed by atoms with Gasteiger partial charge in [-0.15, -0.1) is 0 Å². The van der Waals surface area contributed by atoms with Crippen molar-refractivity contribution in [1.82, 2.24) is 10.2 Å². The highest BCUT2D eigenvalue weighted by Gasteiger charge is 2.10. The molecule has 0 atom stereocenters. The largest absolute Gasteiger partial charge is 0.268 e. The molecule has 1 rings (SSSR count). The zero-order valence-electron chi connectivity index (χ0n) is 7.66. The van der Waals surface area contributed by atoms with Crippen molar-refractivity contribution in [2.45, 2.75) is 20.3 Å². The molecule has 0 unspecified atom stereocenters. The number of hydrogen-bond donors (Lipinski definition) is 2. The first-order valence-corrected chi connectivity index (χ1v) is 5.71. The summed E-state index contributed by atoms with van der Waals surface area (Å²) < 4.78 is 25.0. The monoisotopic (exact) mass is 203 g/mol. The van der Waals surface area contributed by atoms with Crippen LogP contribution in [0.4, 0.5) is 5.82 Å². The van der Waals surface area contributed by atoms with Crippen LogP contribution in [0.15, 0.2) is 6.20 Å². The van der Waals surface area contributed by atoms with Gasteiger partial charge in [0, 0.05) is 5.56 Å². The average Bonchev–Trinajstić information content (AvgIpc) is 2.35. The summed E-state index contributed by atoms with van der Waals surface area (Å²) in [5.74, 6) is 0.583. The molecule has 0 aliphatic rings. The van der Waals surface area contributed by atoms with Gasteiger partial charge >= 0.3 is 0 Å². The number of aromatic amines is 1. The molecule has 0 aliphatic heterocycles. The topological polar surface area (TPSA) is 74.8 Å². The van der Waals surface area contributed by atoms with Crippen LogP contribution in [-0.2, 0) is 10.0 Å². The molecule has 6 heteroatoms. The molecule has 0 spiro atoms. The van der Waals surface area contributed by atoms with Gasteiger partial charge in [-0.3, -0.25) is 9.82 Å². The van der Waals surface area contributed by atoms with Gasteiger partial charge in [-0.05, 0) is 13.3 Å². The fourth-order valence-corrected chi connectivity index (χ4v) is 2.08. The van der Waals surface area contributed by atoms with Crippen molar-refractivity contribution >= 4 is 15.8 Å². The molecule has 1 heterocycles. The van der Waals surface area contributed by atoms with E-state index in [1.54, 1.807) is 13.1 Å². The van der Waals surface area contributed by atoms with Crippen LogP contribution in [0.2, 0.25) is 0 Å². The molecule has 0 saturated heterocycles. The second kappa shape index (κ2) is 3.78. The minimum atomic E-state index is -3.20. The molecule has 74 valence electrons. The summed E-state index contributed by atoms with van der Waals surface area (Å²) in [4.78, 5) is 0. The van der Waals surface area contributed by atoms with Crippen molar-refractivity contribution in [3.63, 3.8) is 0 Å². The van der Waals surface area contributed by atoms with Gasteiger partial charge in [-0.25, -0.2) is 8.42 Å². The van der Waals surface area contributed by atoms with Crippen LogP contribution < -0.4 is 4.72 Å². The number of anilines is 1. The van der Waals surface area contributed by atoms with Crippen LogP contribution in [0.25, 0.3) is 0 Å². The molecule has 13 heavy (non-hydrogen) atoms. The van der Waals surface area contributed by atoms with Gasteiger partial charge < -0.3 is 0 Å². The first kappa shape index (κ1) is 10.0. The van der Waals surface area contributed by atoms with E-state index in [0.29, 0.717) is 12.2 Å². The number of sulfonamides is 1. The first-order valence-electron chi connectivity index (χ1n) is 4.05. The Morgan fingerprint density at radius 3 is 2.77 bits per heavy atom. The van der Waals surface area contributed by atoms with Gasteiger partial charge in [0.25, 0.3) is 0 Å². The molecule has 0 radical (unpaired) electrons. The zero-order chi connectivity index (χ0) is 9.90. The van der Waals surface area contributed by atoms with Crippen LogP contribution in [0, 0.1) is 6.92 Å². The van der Waals surface area contributed by atoms with Crippen molar-refractivity contribution in [2.24, 2.45) is 0 Å². The highest BCUT2D eigenvalue weighted by Crippen LogP contribution is 2.10. The Morgan fingerprint density at radius 1 is 1.62 bits per heavy atom. The quantitative estimate of drug-likeness (QED) is 0.762. The Morgan fingerprint density at radius 2 is 2.31 bits per heavy atom. The van der Waals surface area contributed by atoms with Crippen molar-refractivity contribution in [3.8, 4) is 0 Å². The van der Waals surface area contributed by atoms with E-state index in [2.05, 4.69) is 14.9 Å². The predicted octanol–water partition coefficient (Wildman–Crippen LogP) is 0.870. The molecule has 0 aromatic carbocycles. The van der Waals surface area contributed by atoms with Crippen LogP contribution >= 0.6 is 0 Å². The van der Waals surface area contributed by atoms with Crippen molar-refractivity contribution in [1.29, 1.82) is 0 Å². The third kappa shape index (κ3) is 2.73. The summed E-state index contributed by atoms with van der Waals surface area (Å²) in [7, 11) is -3.20. The molecule has 1 aromatic heterocycles. The van der Waals surface area contributed by atoms with Crippen LogP contribution in [-0.4, -0.2) is 24.4 Å². The lowest BCUT2D eigenvalue weighted by Crippen LogP contribution is -2.16. The third-order valence-electron chi connectivity index (χ3n) is 1.56. The van der Waals surface area contributed by atoms with E-state index in [1.165, 1.54) is 0 Å². The number of rotatable bonds is 4. The van der Waals surface area contributed by atoms with Crippen molar-refractivity contribution < 1.29 is 8.42 Å². The molecule has 2 N–H and O–H groups in total. The lowest BCUT2D eigenvalue weighted by atomic mass is 10.4. The molecular weight excluding hydrogens is 190 g/mol. The average molecular weight is 203 g/mol. The first-order chi connectivity index (χ1) is 6.05. The van der Waals surface area contributed by atoms with E-state index >= 15 is 0 Å². The predicted molar refractivity (Wildman–Crippen MR) is 51.0 cm³/mol. The minimum absolute atomic E-state index is 0.130. The van der Waals surface area contributed by atoms with Crippen LogP contribution in [0.5, 0.6) is 0 Å². The standard InChI is InChI=1S/C7H13N3O2S/c1-3-4-13(11,12)10-7-6(2)5-8-9-7/h5H,3-4H2,1-2H3,(H2,8,9,10). The summed E-state index contributed by atoms with van der Waals surface area (Å²) in [6.45, 7) is 3.60. The normalized spacial score (nSPS) is 11.5.